The molecule has 5 nitrogen and oxygen atoms in total. The van der Waals surface area contributed by atoms with Gasteiger partial charge >= 0.3 is 0 Å². The lowest BCUT2D eigenvalue weighted by molar-refractivity contribution is -0.134. The molecule has 3 atom stereocenters. The molecule has 3 fully saturated rings. The van der Waals surface area contributed by atoms with Gasteiger partial charge in [0.15, 0.2) is 0 Å². The second-order valence-electron chi connectivity index (χ2n) is 6.11. The van der Waals surface area contributed by atoms with Crippen LogP contribution in [0.2, 0.25) is 0 Å². The summed E-state index contributed by atoms with van der Waals surface area (Å²) in [6.45, 7) is 3.41. The van der Waals surface area contributed by atoms with Crippen LogP contribution in [0.15, 0.2) is 0 Å². The maximum absolute atomic E-state index is 12.5. The van der Waals surface area contributed by atoms with E-state index in [-0.39, 0.29) is 18.1 Å². The summed E-state index contributed by atoms with van der Waals surface area (Å²) in [7, 11) is 0. The number of hydrogen-bond donors (Lipinski definition) is 2. The fourth-order valence-electron chi connectivity index (χ4n) is 3.70. The van der Waals surface area contributed by atoms with Gasteiger partial charge in [0.05, 0.1) is 12.1 Å². The zero-order valence-electron chi connectivity index (χ0n) is 11.5. The third kappa shape index (κ3) is 2.78. The van der Waals surface area contributed by atoms with E-state index in [1.165, 1.54) is 0 Å². The number of nitrogens with zero attached hydrogens (tertiary/aromatic N) is 1. The van der Waals surface area contributed by atoms with Crippen LogP contribution in [0.4, 0.5) is 0 Å². The van der Waals surface area contributed by atoms with Crippen LogP contribution in [0.25, 0.3) is 0 Å². The maximum atomic E-state index is 12.5. The molecule has 3 aliphatic heterocycles. The third-order valence-corrected chi connectivity index (χ3v) is 4.89. The van der Waals surface area contributed by atoms with Crippen LogP contribution in [0.3, 0.4) is 0 Å². The number of nitrogens with one attached hydrogen (secondary N) is 1. The van der Waals surface area contributed by atoms with Crippen molar-refractivity contribution in [3.05, 3.63) is 0 Å². The number of fused-ring (bicyclic) bond motifs is 1. The standard InChI is InChI=1S/C14H25N3O2/c15-5-1-10-2-6-17(7-3-10)14(18)12-9-13-11(16-12)4-8-19-13/h10-13,16H,1-9,15H2/t11-,12-,13-/m0/s1. The first kappa shape index (κ1) is 13.3. The second-order valence-corrected chi connectivity index (χ2v) is 6.11. The van der Waals surface area contributed by atoms with Crippen LogP contribution < -0.4 is 11.1 Å². The van der Waals surface area contributed by atoms with Crippen LogP contribution in [0, 0.1) is 5.92 Å². The zero-order chi connectivity index (χ0) is 13.2. The van der Waals surface area contributed by atoms with Gasteiger partial charge in [0.25, 0.3) is 0 Å². The monoisotopic (exact) mass is 267 g/mol. The highest BCUT2D eigenvalue weighted by atomic mass is 16.5. The summed E-state index contributed by atoms with van der Waals surface area (Å²) < 4.78 is 5.65. The quantitative estimate of drug-likeness (QED) is 0.761. The summed E-state index contributed by atoms with van der Waals surface area (Å²) in [4.78, 5) is 14.5. The van der Waals surface area contributed by atoms with Crippen LogP contribution in [-0.2, 0) is 9.53 Å². The fourth-order valence-corrected chi connectivity index (χ4v) is 3.70. The number of carbonyl (C=O) groups excluding carboxylic acids is 1. The van der Waals surface area contributed by atoms with Crippen molar-refractivity contribution in [1.29, 1.82) is 0 Å². The lowest BCUT2D eigenvalue weighted by atomic mass is 9.93. The molecule has 108 valence electrons. The topological polar surface area (TPSA) is 67.6 Å². The number of piperidine rings is 1. The number of nitrogens with two attached hydrogens (primary N) is 1. The first-order chi connectivity index (χ1) is 9.28. The number of amides is 1. The number of ether oxygens (including phenoxy) is 1. The van der Waals surface area contributed by atoms with Crippen molar-refractivity contribution in [3.8, 4) is 0 Å². The Bertz CT molecular complexity index is 317. The molecule has 0 aromatic rings. The summed E-state index contributed by atoms with van der Waals surface area (Å²) in [6.07, 6.45) is 5.49. The highest BCUT2D eigenvalue weighted by molar-refractivity contribution is 5.82. The van der Waals surface area contributed by atoms with Gasteiger partial charge in [0.2, 0.25) is 5.91 Å². The van der Waals surface area contributed by atoms with Gasteiger partial charge in [-0.25, -0.2) is 0 Å². The molecule has 0 aromatic heterocycles. The van der Waals surface area contributed by atoms with Crippen LogP contribution >= 0.6 is 0 Å². The molecule has 0 radical (unpaired) electrons. The van der Waals surface area contributed by atoms with Gasteiger partial charge in [-0.15, -0.1) is 0 Å². The van der Waals surface area contributed by atoms with Crippen LogP contribution in [0.1, 0.15) is 32.1 Å². The van der Waals surface area contributed by atoms with E-state index in [1.54, 1.807) is 0 Å². The van der Waals surface area contributed by atoms with Gasteiger partial charge < -0.3 is 20.7 Å². The molecule has 1 amide bonds. The first-order valence-corrected chi connectivity index (χ1v) is 7.64. The molecular weight excluding hydrogens is 242 g/mol. The highest BCUT2D eigenvalue weighted by Crippen LogP contribution is 2.27. The summed E-state index contributed by atoms with van der Waals surface area (Å²) in [6, 6.07) is 0.394. The molecule has 0 spiro atoms. The number of hydrogen-bond acceptors (Lipinski definition) is 4. The normalized spacial score (nSPS) is 35.6. The molecule has 0 unspecified atom stereocenters. The van der Waals surface area contributed by atoms with Crippen molar-refractivity contribution < 1.29 is 9.53 Å². The number of likely N-dealkylation sites (tertiary alicyclic amines) is 1. The number of carbonyl (C=O) groups is 1. The fraction of sp³-hybridized carbons (Fsp3) is 0.929. The van der Waals surface area contributed by atoms with Gasteiger partial charge in [0.1, 0.15) is 0 Å². The van der Waals surface area contributed by atoms with E-state index in [0.29, 0.717) is 12.0 Å². The molecule has 3 aliphatic rings. The van der Waals surface area contributed by atoms with Crippen LogP contribution in [0.5, 0.6) is 0 Å². The van der Waals surface area contributed by atoms with Crippen molar-refractivity contribution in [2.75, 3.05) is 26.2 Å². The lowest BCUT2D eigenvalue weighted by Gasteiger charge is -2.33. The Labute approximate surface area is 114 Å². The van der Waals surface area contributed by atoms with E-state index in [4.69, 9.17) is 10.5 Å². The van der Waals surface area contributed by atoms with Gasteiger partial charge in [-0.05, 0) is 44.6 Å². The molecule has 3 N–H and O–H groups in total. The molecule has 0 saturated carbocycles. The molecule has 5 heteroatoms. The lowest BCUT2D eigenvalue weighted by Crippen LogP contribution is -2.48. The Balaban J connectivity index is 1.49. The molecule has 3 rings (SSSR count). The van der Waals surface area contributed by atoms with Crippen molar-refractivity contribution in [3.63, 3.8) is 0 Å². The van der Waals surface area contributed by atoms with Gasteiger partial charge in [0, 0.05) is 25.7 Å². The Kier molecular flexibility index (Phi) is 4.05. The molecule has 0 aliphatic carbocycles. The minimum atomic E-state index is -0.0126. The summed E-state index contributed by atoms with van der Waals surface area (Å²) in [5.74, 6) is 0.998. The maximum Gasteiger partial charge on any atom is 0.239 e. The van der Waals surface area contributed by atoms with E-state index < -0.39 is 0 Å². The first-order valence-electron chi connectivity index (χ1n) is 7.64. The van der Waals surface area contributed by atoms with E-state index in [2.05, 4.69) is 5.32 Å². The summed E-state index contributed by atoms with van der Waals surface area (Å²) >= 11 is 0. The molecule has 19 heavy (non-hydrogen) atoms. The molecule has 0 aromatic carbocycles. The second kappa shape index (κ2) is 5.77. The SMILES string of the molecule is NCCC1CCN(C(=O)[C@@H]2C[C@@H]3OCC[C@@H]3N2)CC1. The van der Waals surface area contributed by atoms with Crippen molar-refractivity contribution in [1.82, 2.24) is 10.2 Å². The van der Waals surface area contributed by atoms with Gasteiger partial charge in [-0.3, -0.25) is 4.79 Å². The molecule has 3 saturated heterocycles. The molecule has 3 heterocycles. The Morgan fingerprint density at radius 3 is 2.79 bits per heavy atom. The van der Waals surface area contributed by atoms with Gasteiger partial charge in [-0.1, -0.05) is 0 Å². The van der Waals surface area contributed by atoms with E-state index >= 15 is 0 Å². The van der Waals surface area contributed by atoms with E-state index in [1.807, 2.05) is 4.90 Å². The minimum absolute atomic E-state index is 0.0126. The van der Waals surface area contributed by atoms with Crippen molar-refractivity contribution in [2.45, 2.75) is 50.3 Å². The zero-order valence-corrected chi connectivity index (χ0v) is 11.5. The average molecular weight is 267 g/mol. The van der Waals surface area contributed by atoms with E-state index in [0.717, 1.165) is 58.3 Å². The van der Waals surface area contributed by atoms with Crippen molar-refractivity contribution >= 4 is 5.91 Å². The third-order valence-electron chi connectivity index (χ3n) is 4.89. The van der Waals surface area contributed by atoms with E-state index in [9.17, 15) is 4.79 Å². The smallest absolute Gasteiger partial charge is 0.239 e. The number of rotatable bonds is 3. The van der Waals surface area contributed by atoms with Crippen LogP contribution in [-0.4, -0.2) is 55.2 Å². The average Bonchev–Trinajstić information content (AvgIpc) is 3.00. The Morgan fingerprint density at radius 2 is 2.11 bits per heavy atom. The summed E-state index contributed by atoms with van der Waals surface area (Å²) in [5, 5.41) is 3.45. The predicted molar refractivity (Wildman–Crippen MR) is 72.7 cm³/mol. The van der Waals surface area contributed by atoms with Gasteiger partial charge in [-0.2, -0.15) is 0 Å². The molecular formula is C14H25N3O2. The Morgan fingerprint density at radius 1 is 1.32 bits per heavy atom. The Hall–Kier alpha value is -0.650. The van der Waals surface area contributed by atoms with Crippen molar-refractivity contribution in [2.24, 2.45) is 11.7 Å². The summed E-state index contributed by atoms with van der Waals surface area (Å²) in [5.41, 5.74) is 5.60. The highest BCUT2D eigenvalue weighted by Gasteiger charge is 2.42. The predicted octanol–water partition coefficient (Wildman–Crippen LogP) is 0.0932. The largest absolute Gasteiger partial charge is 0.376 e. The minimum Gasteiger partial charge on any atom is -0.376 e. The molecule has 0 bridgehead atoms.